The van der Waals surface area contributed by atoms with E-state index < -0.39 is 5.41 Å². The van der Waals surface area contributed by atoms with Crippen LogP contribution in [0.1, 0.15) is 45.9 Å². The molecule has 264 valence electrons. The van der Waals surface area contributed by atoms with Crippen molar-refractivity contribution >= 4 is 17.0 Å². The molecule has 1 heteroatoms. The first-order valence-corrected chi connectivity index (χ1v) is 19.3. The van der Waals surface area contributed by atoms with Gasteiger partial charge in [0.1, 0.15) is 0 Å². The van der Waals surface area contributed by atoms with Gasteiger partial charge in [-0.1, -0.05) is 201 Å². The molecular weight excluding hydrogens is 675 g/mol. The van der Waals surface area contributed by atoms with E-state index in [2.05, 4.69) is 208 Å². The molecule has 0 saturated carbocycles. The highest BCUT2D eigenvalue weighted by molar-refractivity contribution is 6.14. The van der Waals surface area contributed by atoms with E-state index in [1.807, 2.05) is 12.1 Å². The van der Waals surface area contributed by atoms with Crippen LogP contribution in [0.5, 0.6) is 0 Å². The van der Waals surface area contributed by atoms with Crippen molar-refractivity contribution in [1.29, 1.82) is 0 Å². The summed E-state index contributed by atoms with van der Waals surface area (Å²) in [6.07, 6.45) is 2.16. The van der Waals surface area contributed by atoms with Gasteiger partial charge in [0, 0.05) is 5.56 Å². The molecule has 0 heterocycles. The van der Waals surface area contributed by atoms with E-state index >= 15 is 0 Å². The summed E-state index contributed by atoms with van der Waals surface area (Å²) < 4.78 is 0. The maximum absolute atomic E-state index is 5.13. The Balaban J connectivity index is 1.09. The number of hydrogen-bond acceptors (Lipinski definition) is 1. The van der Waals surface area contributed by atoms with E-state index in [9.17, 15) is 0 Å². The Labute approximate surface area is 329 Å². The van der Waals surface area contributed by atoms with Crippen LogP contribution in [-0.4, -0.2) is 5.71 Å². The lowest BCUT2D eigenvalue weighted by molar-refractivity contribution is 0.775. The molecule has 8 aromatic rings. The van der Waals surface area contributed by atoms with Crippen LogP contribution in [0.4, 0.5) is 0 Å². The zero-order chi connectivity index (χ0) is 37.6. The van der Waals surface area contributed by atoms with Crippen molar-refractivity contribution < 1.29 is 0 Å². The number of benzene rings is 8. The average molecular weight is 714 g/mol. The van der Waals surface area contributed by atoms with E-state index in [0.29, 0.717) is 0 Å². The maximum Gasteiger partial charge on any atom is 0.0725 e. The Kier molecular flexibility index (Phi) is 8.16. The van der Waals surface area contributed by atoms with Gasteiger partial charge < -0.3 is 0 Å². The second-order valence-corrected chi connectivity index (χ2v) is 14.8. The molecule has 0 radical (unpaired) electrons. The van der Waals surface area contributed by atoms with Crippen molar-refractivity contribution in [3.8, 4) is 44.5 Å². The lowest BCUT2D eigenvalue weighted by Crippen LogP contribution is -2.29. The number of allylic oxidation sites excluding steroid dienone is 2. The maximum atomic E-state index is 5.13. The zero-order valence-electron chi connectivity index (χ0n) is 31.3. The molecule has 56 heavy (non-hydrogen) atoms. The fourth-order valence-electron chi connectivity index (χ4n) is 9.07. The third kappa shape index (κ3) is 5.35. The van der Waals surface area contributed by atoms with E-state index in [0.717, 1.165) is 33.7 Å². The zero-order valence-corrected chi connectivity index (χ0v) is 31.3. The summed E-state index contributed by atoms with van der Waals surface area (Å²) >= 11 is 0. The molecular formula is C55H39N. The molecule has 2 aliphatic rings. The Morgan fingerprint density at radius 3 is 1.39 bits per heavy atom. The second kappa shape index (κ2) is 13.6. The summed E-state index contributed by atoms with van der Waals surface area (Å²) in [4.78, 5) is 5.13. The van der Waals surface area contributed by atoms with Gasteiger partial charge in [-0.25, -0.2) is 4.99 Å². The molecule has 0 amide bonds. The first kappa shape index (κ1) is 33.5. The summed E-state index contributed by atoms with van der Waals surface area (Å²) in [7, 11) is 0. The topological polar surface area (TPSA) is 12.4 Å². The minimum atomic E-state index is -0.504. The summed E-state index contributed by atoms with van der Waals surface area (Å²) in [6, 6.07) is 72.6. The van der Waals surface area contributed by atoms with Crippen LogP contribution in [0.2, 0.25) is 0 Å². The molecule has 8 aromatic carbocycles. The fourth-order valence-corrected chi connectivity index (χ4v) is 9.07. The van der Waals surface area contributed by atoms with Crippen molar-refractivity contribution in [3.63, 3.8) is 0 Å². The van der Waals surface area contributed by atoms with Crippen LogP contribution in [0.25, 0.3) is 55.8 Å². The lowest BCUT2D eigenvalue weighted by atomic mass is 9.65. The quantitative estimate of drug-likeness (QED) is 0.152. The fraction of sp³-hybridized carbons (Fsp3) is 0.0364. The van der Waals surface area contributed by atoms with Crippen LogP contribution in [0.3, 0.4) is 0 Å². The monoisotopic (exact) mass is 713 g/mol. The number of aliphatic imine (C=N–C) groups is 1. The van der Waals surface area contributed by atoms with Gasteiger partial charge in [-0.05, 0) is 103 Å². The summed E-state index contributed by atoms with van der Waals surface area (Å²) in [5.74, 6) is 0. The number of nitrogens with zero attached hydrogens (tertiary/aromatic N) is 1. The van der Waals surface area contributed by atoms with E-state index in [1.165, 1.54) is 66.8 Å². The highest BCUT2D eigenvalue weighted by Crippen LogP contribution is 2.61. The highest BCUT2D eigenvalue weighted by atomic mass is 14.8. The Morgan fingerprint density at radius 1 is 0.411 bits per heavy atom. The van der Waals surface area contributed by atoms with Crippen LogP contribution in [-0.2, 0) is 5.41 Å². The van der Waals surface area contributed by atoms with Crippen molar-refractivity contribution in [2.45, 2.75) is 12.3 Å². The van der Waals surface area contributed by atoms with Crippen molar-refractivity contribution in [2.24, 2.45) is 4.99 Å². The molecule has 1 nitrogen and oxygen atoms in total. The number of hydrogen-bond donors (Lipinski definition) is 0. The highest BCUT2D eigenvalue weighted by Gasteiger charge is 2.49. The van der Waals surface area contributed by atoms with E-state index in [1.54, 1.807) is 0 Å². The molecule has 1 spiro atoms. The van der Waals surface area contributed by atoms with Gasteiger partial charge in [0.25, 0.3) is 0 Å². The van der Waals surface area contributed by atoms with Crippen molar-refractivity contribution in [1.82, 2.24) is 0 Å². The minimum absolute atomic E-state index is 0.504. The average Bonchev–Trinajstić information content (AvgIpc) is 3.51. The lowest BCUT2D eigenvalue weighted by Gasteiger charge is -2.35. The molecule has 10 rings (SSSR count). The molecule has 0 aromatic heterocycles. The molecule has 0 fully saturated rings. The molecule has 0 saturated heterocycles. The summed E-state index contributed by atoms with van der Waals surface area (Å²) in [6.45, 7) is 6.59. The van der Waals surface area contributed by atoms with Gasteiger partial charge in [0.05, 0.1) is 16.8 Å². The second-order valence-electron chi connectivity index (χ2n) is 14.8. The van der Waals surface area contributed by atoms with Gasteiger partial charge in [-0.3, -0.25) is 0 Å². The van der Waals surface area contributed by atoms with E-state index in [4.69, 9.17) is 4.99 Å². The Bertz CT molecular complexity index is 2790. The molecule has 0 atom stereocenters. The van der Waals surface area contributed by atoms with Gasteiger partial charge in [-0.2, -0.15) is 0 Å². The van der Waals surface area contributed by atoms with Gasteiger partial charge >= 0.3 is 0 Å². The third-order valence-electron chi connectivity index (χ3n) is 11.7. The van der Waals surface area contributed by atoms with Crippen LogP contribution < -0.4 is 0 Å². The first-order valence-electron chi connectivity index (χ1n) is 19.3. The minimum Gasteiger partial charge on any atom is -0.248 e. The van der Waals surface area contributed by atoms with Crippen molar-refractivity contribution in [2.75, 3.05) is 0 Å². The molecule has 0 aliphatic heterocycles. The van der Waals surface area contributed by atoms with Gasteiger partial charge in [0.15, 0.2) is 0 Å². The normalized spacial score (nSPS) is 13.5. The smallest absolute Gasteiger partial charge is 0.0725 e. The first-order chi connectivity index (χ1) is 27.6. The predicted octanol–water partition coefficient (Wildman–Crippen LogP) is 13.9. The molecule has 0 N–H and O–H groups in total. The van der Waals surface area contributed by atoms with Crippen LogP contribution in [0, 0.1) is 0 Å². The predicted molar refractivity (Wildman–Crippen MR) is 236 cm³/mol. The number of rotatable bonds is 6. The Hall–Kier alpha value is -7.09. The van der Waals surface area contributed by atoms with Crippen LogP contribution >= 0.6 is 0 Å². The third-order valence-corrected chi connectivity index (χ3v) is 11.7. The van der Waals surface area contributed by atoms with Crippen LogP contribution in [0.15, 0.2) is 218 Å². The summed E-state index contributed by atoms with van der Waals surface area (Å²) in [5.41, 5.74) is 20.8. The van der Waals surface area contributed by atoms with E-state index in [-0.39, 0.29) is 0 Å². The Morgan fingerprint density at radius 2 is 0.839 bits per heavy atom. The number of fused-ring (bicyclic) bond motifs is 12. The standard InChI is InChI=1S/C55H39N/c1-37(39-17-5-3-6-18-39)35-54(42-19-7-4-8-20-42)56-38(2)40-29-31-41(32-30-40)43-33-34-49-48-25-13-16-28-52(48)55(53(49)36-43)50-26-14-11-23-46(50)44-21-9-10-22-45(44)47-24-12-15-27-51(47)55/h3-36H,2H2,1H3/b37-35+,56-54?. The summed E-state index contributed by atoms with van der Waals surface area (Å²) in [5, 5.41) is 0. The largest absolute Gasteiger partial charge is 0.248 e. The molecule has 0 unspecified atom stereocenters. The molecule has 2 aliphatic carbocycles. The molecule has 0 bridgehead atoms. The SMILES string of the molecule is C=C(N=C(/C=C(\C)c1ccccc1)c1ccccc1)c1ccc(-c2ccc3c(c2)C2(c4ccccc4-c4ccccc4-c4ccccc42)c2ccccc2-3)cc1. The van der Waals surface area contributed by atoms with Crippen molar-refractivity contribution in [3.05, 3.63) is 252 Å². The van der Waals surface area contributed by atoms with Gasteiger partial charge in [0.2, 0.25) is 0 Å². The van der Waals surface area contributed by atoms with Gasteiger partial charge in [-0.15, -0.1) is 0 Å².